The molecule has 0 aliphatic rings. The summed E-state index contributed by atoms with van der Waals surface area (Å²) in [6, 6.07) is 6.52. The van der Waals surface area contributed by atoms with Crippen LogP contribution in [0.15, 0.2) is 35.3 Å². The van der Waals surface area contributed by atoms with Crippen molar-refractivity contribution in [2.45, 2.75) is 33.1 Å². The highest BCUT2D eigenvalue weighted by Crippen LogP contribution is 2.29. The van der Waals surface area contributed by atoms with Crippen molar-refractivity contribution < 1.29 is 4.42 Å². The normalized spacial score (nSPS) is 11.8. The van der Waals surface area contributed by atoms with Crippen LogP contribution in [0, 0.1) is 6.92 Å². The van der Waals surface area contributed by atoms with Crippen molar-refractivity contribution in [1.29, 1.82) is 0 Å². The van der Waals surface area contributed by atoms with E-state index in [1.807, 2.05) is 0 Å². The van der Waals surface area contributed by atoms with Gasteiger partial charge in [-0.25, -0.2) is 4.98 Å². The number of benzene rings is 1. The summed E-state index contributed by atoms with van der Waals surface area (Å²) in [6.45, 7) is 8.73. The van der Waals surface area contributed by atoms with Crippen LogP contribution in [-0.2, 0) is 5.41 Å². The molecule has 0 fully saturated rings. The number of aryl methyl sites for hydroxylation is 1. The Balaban J connectivity index is 2.54. The third-order valence-electron chi connectivity index (χ3n) is 2.81. The van der Waals surface area contributed by atoms with Gasteiger partial charge in [-0.1, -0.05) is 32.9 Å². The molecule has 0 amide bonds. The highest BCUT2D eigenvalue weighted by molar-refractivity contribution is 5.63. The lowest BCUT2D eigenvalue weighted by atomic mass is 9.85. The molecule has 2 rings (SSSR count). The summed E-state index contributed by atoms with van der Waals surface area (Å²) >= 11 is 0. The number of aromatic nitrogens is 1. The van der Waals surface area contributed by atoms with Gasteiger partial charge >= 0.3 is 0 Å². The average molecular weight is 215 g/mol. The minimum absolute atomic E-state index is 0.159. The molecular formula is C14H17NO. The second-order valence-corrected chi connectivity index (χ2v) is 5.15. The summed E-state index contributed by atoms with van der Waals surface area (Å²) in [6.07, 6.45) is 3.16. The lowest BCUT2D eigenvalue weighted by Crippen LogP contribution is -2.11. The molecule has 84 valence electrons. The van der Waals surface area contributed by atoms with Gasteiger partial charge in [-0.05, 0) is 29.5 Å². The predicted octanol–water partition coefficient (Wildman–Crippen LogP) is 3.95. The molecule has 16 heavy (non-hydrogen) atoms. The third kappa shape index (κ3) is 2.01. The summed E-state index contributed by atoms with van der Waals surface area (Å²) in [5.74, 6) is 0. The van der Waals surface area contributed by atoms with Gasteiger partial charge in [0.15, 0.2) is 6.39 Å². The second-order valence-electron chi connectivity index (χ2n) is 5.15. The molecule has 1 aromatic heterocycles. The number of rotatable bonds is 1. The maximum Gasteiger partial charge on any atom is 0.181 e. The summed E-state index contributed by atoms with van der Waals surface area (Å²) in [5.41, 5.74) is 4.76. The number of hydrogen-bond acceptors (Lipinski definition) is 2. The second kappa shape index (κ2) is 3.78. The molecule has 2 heteroatoms. The van der Waals surface area contributed by atoms with Crippen LogP contribution in [0.5, 0.6) is 0 Å². The Morgan fingerprint density at radius 1 is 1.19 bits per heavy atom. The third-order valence-corrected chi connectivity index (χ3v) is 2.81. The van der Waals surface area contributed by atoms with Crippen LogP contribution in [0.25, 0.3) is 11.3 Å². The molecule has 0 atom stereocenters. The van der Waals surface area contributed by atoms with Crippen molar-refractivity contribution in [3.8, 4) is 11.3 Å². The molecule has 0 N–H and O–H groups in total. The molecule has 0 spiro atoms. The van der Waals surface area contributed by atoms with Gasteiger partial charge in [0.1, 0.15) is 12.0 Å². The van der Waals surface area contributed by atoms with E-state index in [4.69, 9.17) is 4.42 Å². The summed E-state index contributed by atoms with van der Waals surface area (Å²) < 4.78 is 5.04. The van der Waals surface area contributed by atoms with Crippen LogP contribution in [0.3, 0.4) is 0 Å². The minimum Gasteiger partial charge on any atom is -0.451 e. The van der Waals surface area contributed by atoms with E-state index in [2.05, 4.69) is 50.9 Å². The zero-order valence-corrected chi connectivity index (χ0v) is 10.2. The van der Waals surface area contributed by atoms with E-state index >= 15 is 0 Å². The molecule has 0 saturated carbocycles. The number of nitrogens with zero attached hydrogens (tertiary/aromatic N) is 1. The Hall–Kier alpha value is -1.57. The van der Waals surface area contributed by atoms with Crippen molar-refractivity contribution in [2.24, 2.45) is 0 Å². The molecule has 2 nitrogen and oxygen atoms in total. The van der Waals surface area contributed by atoms with Crippen molar-refractivity contribution in [1.82, 2.24) is 4.98 Å². The lowest BCUT2D eigenvalue weighted by Gasteiger charge is -2.20. The van der Waals surface area contributed by atoms with Crippen LogP contribution in [-0.4, -0.2) is 4.98 Å². The van der Waals surface area contributed by atoms with Gasteiger partial charge in [0.2, 0.25) is 0 Å². The molecule has 1 aromatic carbocycles. The highest BCUT2D eigenvalue weighted by Gasteiger charge is 2.15. The van der Waals surface area contributed by atoms with Gasteiger partial charge in [-0.15, -0.1) is 0 Å². The van der Waals surface area contributed by atoms with Crippen LogP contribution < -0.4 is 0 Å². The molecule has 0 bridgehead atoms. The molecule has 1 heterocycles. The molecule has 0 aliphatic carbocycles. The molecule has 2 aromatic rings. The molecule has 0 aliphatic heterocycles. The van der Waals surface area contributed by atoms with E-state index in [1.54, 1.807) is 6.26 Å². The van der Waals surface area contributed by atoms with E-state index in [1.165, 1.54) is 17.5 Å². The van der Waals surface area contributed by atoms with Crippen LogP contribution >= 0.6 is 0 Å². The smallest absolute Gasteiger partial charge is 0.181 e. The van der Waals surface area contributed by atoms with Gasteiger partial charge in [0.05, 0.1) is 0 Å². The van der Waals surface area contributed by atoms with Crippen molar-refractivity contribution in [3.63, 3.8) is 0 Å². The minimum atomic E-state index is 0.159. The maximum absolute atomic E-state index is 5.04. The average Bonchev–Trinajstić information content (AvgIpc) is 2.69. The summed E-state index contributed by atoms with van der Waals surface area (Å²) in [5, 5.41) is 0. The van der Waals surface area contributed by atoms with Crippen molar-refractivity contribution in [2.75, 3.05) is 0 Å². The Labute approximate surface area is 96.3 Å². The first-order chi connectivity index (χ1) is 7.48. The fourth-order valence-corrected chi connectivity index (χ4v) is 1.71. The van der Waals surface area contributed by atoms with Gasteiger partial charge in [-0.2, -0.15) is 0 Å². The quantitative estimate of drug-likeness (QED) is 0.720. The van der Waals surface area contributed by atoms with Gasteiger partial charge < -0.3 is 4.42 Å². The van der Waals surface area contributed by atoms with Crippen LogP contribution in [0.1, 0.15) is 31.9 Å². The standard InChI is InChI=1S/C14H17NO/c1-10-5-6-11(14(2,3)4)7-12(10)13-8-16-9-15-13/h5-9H,1-4H3. The van der Waals surface area contributed by atoms with E-state index in [0.717, 1.165) is 11.3 Å². The van der Waals surface area contributed by atoms with Crippen LogP contribution in [0.2, 0.25) is 0 Å². The SMILES string of the molecule is Cc1ccc(C(C)(C)C)cc1-c1cocn1. The van der Waals surface area contributed by atoms with E-state index in [9.17, 15) is 0 Å². The van der Waals surface area contributed by atoms with Gasteiger partial charge in [-0.3, -0.25) is 0 Å². The summed E-state index contributed by atoms with van der Waals surface area (Å²) in [4.78, 5) is 4.20. The Kier molecular flexibility index (Phi) is 2.58. The number of oxazole rings is 1. The Morgan fingerprint density at radius 3 is 2.50 bits per heavy atom. The van der Waals surface area contributed by atoms with Crippen molar-refractivity contribution in [3.05, 3.63) is 42.0 Å². The van der Waals surface area contributed by atoms with E-state index in [-0.39, 0.29) is 5.41 Å². The summed E-state index contributed by atoms with van der Waals surface area (Å²) in [7, 11) is 0. The van der Waals surface area contributed by atoms with Gasteiger partial charge in [0.25, 0.3) is 0 Å². The van der Waals surface area contributed by atoms with E-state index < -0.39 is 0 Å². The fourth-order valence-electron chi connectivity index (χ4n) is 1.71. The highest BCUT2D eigenvalue weighted by atomic mass is 16.3. The van der Waals surface area contributed by atoms with E-state index in [0.29, 0.717) is 0 Å². The zero-order valence-electron chi connectivity index (χ0n) is 10.2. The first-order valence-electron chi connectivity index (χ1n) is 5.48. The fraction of sp³-hybridized carbons (Fsp3) is 0.357. The number of hydrogen-bond donors (Lipinski definition) is 0. The monoisotopic (exact) mass is 215 g/mol. The van der Waals surface area contributed by atoms with Crippen LogP contribution in [0.4, 0.5) is 0 Å². The molecule has 0 saturated heterocycles. The molecule has 0 unspecified atom stereocenters. The largest absolute Gasteiger partial charge is 0.451 e. The van der Waals surface area contributed by atoms with Crippen molar-refractivity contribution >= 4 is 0 Å². The Bertz CT molecular complexity index is 478. The topological polar surface area (TPSA) is 26.0 Å². The maximum atomic E-state index is 5.04. The molecular weight excluding hydrogens is 198 g/mol. The zero-order chi connectivity index (χ0) is 11.8. The molecule has 0 radical (unpaired) electrons. The first-order valence-corrected chi connectivity index (χ1v) is 5.48. The van der Waals surface area contributed by atoms with Gasteiger partial charge in [0, 0.05) is 5.56 Å². The lowest BCUT2D eigenvalue weighted by molar-refractivity contribution is 0.558. The Morgan fingerprint density at radius 2 is 1.94 bits per heavy atom. The first kappa shape index (κ1) is 10.9. The predicted molar refractivity (Wildman–Crippen MR) is 65.4 cm³/mol.